The fourth-order valence-electron chi connectivity index (χ4n) is 1.38. The van der Waals surface area contributed by atoms with Crippen LogP contribution in [0, 0.1) is 5.82 Å². The fraction of sp³-hybridized carbons (Fsp3) is 0.200. The molecule has 0 saturated heterocycles. The number of nitrogens with one attached hydrogen (secondary N) is 1. The molecule has 0 saturated carbocycles. The lowest BCUT2D eigenvalue weighted by Crippen LogP contribution is -2.00. The summed E-state index contributed by atoms with van der Waals surface area (Å²) >= 11 is 0. The van der Waals surface area contributed by atoms with Crippen LogP contribution in [0.3, 0.4) is 0 Å². The minimum Gasteiger partial charge on any atom is -0.467 e. The molecule has 2 aromatic rings. The maximum atomic E-state index is 13.4. The van der Waals surface area contributed by atoms with Crippen LogP contribution in [0.4, 0.5) is 10.2 Å². The van der Waals surface area contributed by atoms with Crippen LogP contribution in [-0.2, 0) is 0 Å². The van der Waals surface area contributed by atoms with Crippen LogP contribution in [0.1, 0.15) is 0 Å². The van der Waals surface area contributed by atoms with E-state index in [2.05, 4.69) is 15.3 Å². The van der Waals surface area contributed by atoms with Gasteiger partial charge in [-0.3, -0.25) is 0 Å². The van der Waals surface area contributed by atoms with Crippen molar-refractivity contribution in [3.05, 3.63) is 24.0 Å². The number of hydrogen-bond acceptors (Lipinski definition) is 4. The van der Waals surface area contributed by atoms with Crippen molar-refractivity contribution in [3.8, 4) is 6.01 Å². The largest absolute Gasteiger partial charge is 0.467 e. The molecule has 0 fully saturated rings. The summed E-state index contributed by atoms with van der Waals surface area (Å²) in [5.74, 6) is 0.168. The van der Waals surface area contributed by atoms with E-state index in [1.807, 2.05) is 0 Å². The van der Waals surface area contributed by atoms with Crippen molar-refractivity contribution in [1.29, 1.82) is 0 Å². The Morgan fingerprint density at radius 1 is 1.33 bits per heavy atom. The number of para-hydroxylation sites is 1. The SMILES string of the molecule is CNc1nc(OC)nc2c(F)cccc12. The molecule has 1 N–H and O–H groups in total. The highest BCUT2D eigenvalue weighted by molar-refractivity contribution is 5.89. The number of ether oxygens (including phenoxy) is 1. The molecule has 0 aliphatic heterocycles. The van der Waals surface area contributed by atoms with Gasteiger partial charge in [0, 0.05) is 12.4 Å². The van der Waals surface area contributed by atoms with E-state index in [0.29, 0.717) is 11.2 Å². The van der Waals surface area contributed by atoms with Gasteiger partial charge in [0.05, 0.1) is 7.11 Å². The monoisotopic (exact) mass is 207 g/mol. The molecular weight excluding hydrogens is 197 g/mol. The Morgan fingerprint density at radius 3 is 2.80 bits per heavy atom. The predicted molar refractivity (Wildman–Crippen MR) is 55.6 cm³/mol. The van der Waals surface area contributed by atoms with Crippen molar-refractivity contribution in [2.75, 3.05) is 19.5 Å². The molecule has 1 aromatic carbocycles. The molecule has 1 heterocycles. The van der Waals surface area contributed by atoms with E-state index < -0.39 is 0 Å². The van der Waals surface area contributed by atoms with Gasteiger partial charge in [0.2, 0.25) is 0 Å². The molecule has 1 aromatic heterocycles. The molecule has 0 atom stereocenters. The van der Waals surface area contributed by atoms with Crippen molar-refractivity contribution in [3.63, 3.8) is 0 Å². The minimum absolute atomic E-state index is 0.150. The molecule has 0 aliphatic rings. The van der Waals surface area contributed by atoms with Gasteiger partial charge in [-0.2, -0.15) is 9.97 Å². The Hall–Kier alpha value is -1.91. The summed E-state index contributed by atoms with van der Waals surface area (Å²) < 4.78 is 18.3. The van der Waals surface area contributed by atoms with Gasteiger partial charge < -0.3 is 10.1 Å². The number of benzene rings is 1. The van der Waals surface area contributed by atoms with Crippen LogP contribution in [0.15, 0.2) is 18.2 Å². The summed E-state index contributed by atoms with van der Waals surface area (Å²) in [6.45, 7) is 0. The number of anilines is 1. The Bertz CT molecular complexity index is 501. The molecular formula is C10H10FN3O. The van der Waals surface area contributed by atoms with Gasteiger partial charge in [-0.25, -0.2) is 4.39 Å². The van der Waals surface area contributed by atoms with Gasteiger partial charge in [0.25, 0.3) is 0 Å². The van der Waals surface area contributed by atoms with Gasteiger partial charge >= 0.3 is 6.01 Å². The van der Waals surface area contributed by atoms with Crippen LogP contribution >= 0.6 is 0 Å². The first-order valence-electron chi connectivity index (χ1n) is 4.44. The number of hydrogen-bond donors (Lipinski definition) is 1. The van der Waals surface area contributed by atoms with Crippen LogP contribution in [0.25, 0.3) is 10.9 Å². The number of aromatic nitrogens is 2. The average molecular weight is 207 g/mol. The van der Waals surface area contributed by atoms with Gasteiger partial charge in [-0.15, -0.1) is 0 Å². The zero-order chi connectivity index (χ0) is 10.8. The molecule has 0 radical (unpaired) electrons. The van der Waals surface area contributed by atoms with E-state index in [1.54, 1.807) is 19.2 Å². The topological polar surface area (TPSA) is 47.0 Å². The molecule has 0 unspecified atom stereocenters. The van der Waals surface area contributed by atoms with Crippen molar-refractivity contribution >= 4 is 16.7 Å². The van der Waals surface area contributed by atoms with Crippen LogP contribution < -0.4 is 10.1 Å². The van der Waals surface area contributed by atoms with E-state index in [0.717, 1.165) is 0 Å². The van der Waals surface area contributed by atoms with Crippen LogP contribution in [0.2, 0.25) is 0 Å². The molecule has 5 heteroatoms. The summed E-state index contributed by atoms with van der Waals surface area (Å²) in [7, 11) is 3.16. The third-order valence-electron chi connectivity index (χ3n) is 2.08. The fourth-order valence-corrected chi connectivity index (χ4v) is 1.38. The highest BCUT2D eigenvalue weighted by Crippen LogP contribution is 2.24. The molecule has 78 valence electrons. The lowest BCUT2D eigenvalue weighted by atomic mass is 10.2. The molecule has 4 nitrogen and oxygen atoms in total. The number of rotatable bonds is 2. The van der Waals surface area contributed by atoms with E-state index in [4.69, 9.17) is 4.74 Å². The average Bonchev–Trinajstić information content (AvgIpc) is 2.28. The van der Waals surface area contributed by atoms with Crippen molar-refractivity contribution in [2.45, 2.75) is 0 Å². The Labute approximate surface area is 86.1 Å². The van der Waals surface area contributed by atoms with E-state index in [9.17, 15) is 4.39 Å². The highest BCUT2D eigenvalue weighted by atomic mass is 19.1. The summed E-state index contributed by atoms with van der Waals surface area (Å²) in [5, 5.41) is 3.51. The van der Waals surface area contributed by atoms with E-state index >= 15 is 0 Å². The van der Waals surface area contributed by atoms with Crippen LogP contribution in [0.5, 0.6) is 6.01 Å². The zero-order valence-electron chi connectivity index (χ0n) is 8.41. The first-order chi connectivity index (χ1) is 7.26. The third-order valence-corrected chi connectivity index (χ3v) is 2.08. The molecule has 0 spiro atoms. The smallest absolute Gasteiger partial charge is 0.318 e. The summed E-state index contributed by atoms with van der Waals surface area (Å²) in [5.41, 5.74) is 0.258. The Kier molecular flexibility index (Phi) is 2.37. The summed E-state index contributed by atoms with van der Waals surface area (Å²) in [6, 6.07) is 4.88. The first-order valence-corrected chi connectivity index (χ1v) is 4.44. The first kappa shape index (κ1) is 9.64. The molecule has 0 aliphatic carbocycles. The summed E-state index contributed by atoms with van der Waals surface area (Å²) in [4.78, 5) is 8.02. The number of methoxy groups -OCH3 is 1. The summed E-state index contributed by atoms with van der Waals surface area (Å²) in [6.07, 6.45) is 0. The minimum atomic E-state index is -0.385. The maximum Gasteiger partial charge on any atom is 0.318 e. The second-order valence-electron chi connectivity index (χ2n) is 2.94. The molecule has 2 rings (SSSR count). The van der Waals surface area contributed by atoms with Gasteiger partial charge in [-0.1, -0.05) is 6.07 Å². The number of halogens is 1. The number of nitrogens with zero attached hydrogens (tertiary/aromatic N) is 2. The zero-order valence-corrected chi connectivity index (χ0v) is 8.41. The van der Waals surface area contributed by atoms with Gasteiger partial charge in [0.15, 0.2) is 0 Å². The van der Waals surface area contributed by atoms with E-state index in [-0.39, 0.29) is 17.3 Å². The predicted octanol–water partition coefficient (Wildman–Crippen LogP) is 1.82. The number of fused-ring (bicyclic) bond motifs is 1. The van der Waals surface area contributed by atoms with Crippen molar-refractivity contribution in [2.24, 2.45) is 0 Å². The van der Waals surface area contributed by atoms with Crippen molar-refractivity contribution < 1.29 is 9.13 Å². The second kappa shape index (κ2) is 3.68. The Morgan fingerprint density at radius 2 is 2.13 bits per heavy atom. The van der Waals surface area contributed by atoms with Crippen LogP contribution in [-0.4, -0.2) is 24.1 Å². The lowest BCUT2D eigenvalue weighted by molar-refractivity contribution is 0.382. The maximum absolute atomic E-state index is 13.4. The molecule has 0 bridgehead atoms. The Balaban J connectivity index is 2.80. The standard InChI is InChI=1S/C10H10FN3O/c1-12-9-6-4-3-5-7(11)8(6)13-10(14-9)15-2/h3-5H,1-2H3,(H,12,13,14). The second-order valence-corrected chi connectivity index (χ2v) is 2.94. The normalized spacial score (nSPS) is 10.3. The highest BCUT2D eigenvalue weighted by Gasteiger charge is 2.09. The van der Waals surface area contributed by atoms with Gasteiger partial charge in [-0.05, 0) is 12.1 Å². The molecule has 0 amide bonds. The third kappa shape index (κ3) is 1.56. The molecule has 15 heavy (non-hydrogen) atoms. The van der Waals surface area contributed by atoms with E-state index in [1.165, 1.54) is 13.2 Å². The van der Waals surface area contributed by atoms with Gasteiger partial charge in [0.1, 0.15) is 17.2 Å². The van der Waals surface area contributed by atoms with Crippen molar-refractivity contribution in [1.82, 2.24) is 9.97 Å². The lowest BCUT2D eigenvalue weighted by Gasteiger charge is -2.06. The quantitative estimate of drug-likeness (QED) is 0.815.